The van der Waals surface area contributed by atoms with Crippen molar-refractivity contribution in [2.24, 2.45) is 11.7 Å². The molecular weight excluding hydrogens is 194 g/mol. The Morgan fingerprint density at radius 1 is 1.53 bits per heavy atom. The third-order valence-electron chi connectivity index (χ3n) is 2.95. The van der Waals surface area contributed by atoms with Gasteiger partial charge in [-0.2, -0.15) is 0 Å². The van der Waals surface area contributed by atoms with E-state index in [9.17, 15) is 9.59 Å². The standard InChI is InChI=1S/C10H19N3O2/c1-4-10(3)8(14)13(9(15)12-10)6-7(2)5-11/h7H,4-6,11H2,1-3H3,(H,12,15). The molecule has 5 nitrogen and oxygen atoms in total. The second-order valence-electron chi connectivity index (χ2n) is 4.37. The Balaban J connectivity index is 2.76. The summed E-state index contributed by atoms with van der Waals surface area (Å²) in [6.07, 6.45) is 0.602. The number of nitrogens with two attached hydrogens (primary N) is 1. The molecule has 0 aliphatic carbocycles. The zero-order valence-corrected chi connectivity index (χ0v) is 9.54. The van der Waals surface area contributed by atoms with Crippen LogP contribution < -0.4 is 11.1 Å². The summed E-state index contributed by atoms with van der Waals surface area (Å²) in [4.78, 5) is 24.8. The van der Waals surface area contributed by atoms with Gasteiger partial charge in [-0.3, -0.25) is 9.69 Å². The summed E-state index contributed by atoms with van der Waals surface area (Å²) in [5, 5.41) is 2.71. The van der Waals surface area contributed by atoms with Crippen LogP contribution in [0.2, 0.25) is 0 Å². The van der Waals surface area contributed by atoms with Gasteiger partial charge >= 0.3 is 6.03 Å². The van der Waals surface area contributed by atoms with Crippen LogP contribution in [-0.4, -0.2) is 35.5 Å². The third-order valence-corrected chi connectivity index (χ3v) is 2.95. The van der Waals surface area contributed by atoms with Crippen molar-refractivity contribution in [2.45, 2.75) is 32.7 Å². The van der Waals surface area contributed by atoms with E-state index in [0.717, 1.165) is 0 Å². The molecule has 0 spiro atoms. The largest absolute Gasteiger partial charge is 0.330 e. The summed E-state index contributed by atoms with van der Waals surface area (Å²) in [7, 11) is 0. The van der Waals surface area contributed by atoms with E-state index in [2.05, 4.69) is 5.32 Å². The Kier molecular flexibility index (Phi) is 3.34. The summed E-state index contributed by atoms with van der Waals surface area (Å²) in [5.74, 6) is -0.00536. The fraction of sp³-hybridized carbons (Fsp3) is 0.800. The molecule has 2 unspecified atom stereocenters. The van der Waals surface area contributed by atoms with E-state index in [4.69, 9.17) is 5.73 Å². The first-order chi connectivity index (χ1) is 6.94. The number of nitrogens with zero attached hydrogens (tertiary/aromatic N) is 1. The van der Waals surface area contributed by atoms with Gasteiger partial charge in [-0.15, -0.1) is 0 Å². The molecule has 1 saturated heterocycles. The molecule has 86 valence electrons. The Hall–Kier alpha value is -1.10. The smallest absolute Gasteiger partial charge is 0.325 e. The number of carbonyl (C=O) groups excluding carboxylic acids is 2. The average Bonchev–Trinajstić information content (AvgIpc) is 2.42. The first-order valence-electron chi connectivity index (χ1n) is 5.28. The van der Waals surface area contributed by atoms with Crippen molar-refractivity contribution in [3.63, 3.8) is 0 Å². The van der Waals surface area contributed by atoms with E-state index in [1.807, 2.05) is 13.8 Å². The van der Waals surface area contributed by atoms with Gasteiger partial charge in [0.1, 0.15) is 5.54 Å². The highest BCUT2D eigenvalue weighted by atomic mass is 16.2. The van der Waals surface area contributed by atoms with Crippen molar-refractivity contribution in [3.05, 3.63) is 0 Å². The molecule has 5 heteroatoms. The van der Waals surface area contributed by atoms with Crippen molar-refractivity contribution in [1.82, 2.24) is 10.2 Å². The quantitative estimate of drug-likeness (QED) is 0.659. The van der Waals surface area contributed by atoms with Crippen molar-refractivity contribution < 1.29 is 9.59 Å². The number of carbonyl (C=O) groups is 2. The van der Waals surface area contributed by atoms with Crippen LogP contribution in [0.3, 0.4) is 0 Å². The molecule has 1 rings (SSSR count). The predicted octanol–water partition coefficient (Wildman–Crippen LogP) is 0.302. The first kappa shape index (κ1) is 12.0. The molecule has 0 aromatic rings. The lowest BCUT2D eigenvalue weighted by Gasteiger charge is -2.20. The van der Waals surface area contributed by atoms with Crippen LogP contribution >= 0.6 is 0 Å². The molecule has 0 radical (unpaired) electrons. The van der Waals surface area contributed by atoms with E-state index < -0.39 is 5.54 Å². The van der Waals surface area contributed by atoms with Gasteiger partial charge in [0, 0.05) is 6.54 Å². The molecular formula is C10H19N3O2. The fourth-order valence-electron chi connectivity index (χ4n) is 1.54. The van der Waals surface area contributed by atoms with Crippen molar-refractivity contribution in [3.8, 4) is 0 Å². The maximum atomic E-state index is 11.9. The highest BCUT2D eigenvalue weighted by molar-refractivity contribution is 6.06. The van der Waals surface area contributed by atoms with E-state index in [-0.39, 0.29) is 17.9 Å². The zero-order chi connectivity index (χ0) is 11.6. The zero-order valence-electron chi connectivity index (χ0n) is 9.54. The minimum atomic E-state index is -0.731. The number of imide groups is 1. The van der Waals surface area contributed by atoms with Gasteiger partial charge in [0.25, 0.3) is 5.91 Å². The Morgan fingerprint density at radius 3 is 2.53 bits per heavy atom. The molecule has 2 atom stereocenters. The molecule has 0 aromatic carbocycles. The molecule has 15 heavy (non-hydrogen) atoms. The lowest BCUT2D eigenvalue weighted by Crippen LogP contribution is -2.43. The molecule has 3 amide bonds. The summed E-state index contributed by atoms with van der Waals surface area (Å²) in [6.45, 7) is 6.42. The van der Waals surface area contributed by atoms with E-state index in [1.54, 1.807) is 6.92 Å². The number of hydrogen-bond donors (Lipinski definition) is 2. The topological polar surface area (TPSA) is 75.4 Å². The average molecular weight is 213 g/mol. The molecule has 0 aromatic heterocycles. The highest BCUT2D eigenvalue weighted by Crippen LogP contribution is 2.21. The lowest BCUT2D eigenvalue weighted by atomic mass is 9.99. The van der Waals surface area contributed by atoms with Crippen LogP contribution in [0.5, 0.6) is 0 Å². The Morgan fingerprint density at radius 2 is 2.13 bits per heavy atom. The van der Waals surface area contributed by atoms with Gasteiger partial charge in [0.05, 0.1) is 0 Å². The number of amides is 3. The molecule has 1 heterocycles. The molecule has 0 saturated carbocycles. The summed E-state index contributed by atoms with van der Waals surface area (Å²) < 4.78 is 0. The van der Waals surface area contributed by atoms with Crippen LogP contribution in [0.25, 0.3) is 0 Å². The molecule has 1 fully saturated rings. The number of hydrogen-bond acceptors (Lipinski definition) is 3. The Labute approximate surface area is 90.0 Å². The van der Waals surface area contributed by atoms with Crippen LogP contribution in [0.4, 0.5) is 4.79 Å². The first-order valence-corrected chi connectivity index (χ1v) is 5.28. The number of nitrogens with one attached hydrogen (secondary N) is 1. The van der Waals surface area contributed by atoms with Gasteiger partial charge in [0.2, 0.25) is 0 Å². The second kappa shape index (κ2) is 4.18. The molecule has 1 aliphatic heterocycles. The van der Waals surface area contributed by atoms with Gasteiger partial charge < -0.3 is 11.1 Å². The predicted molar refractivity (Wildman–Crippen MR) is 57.2 cm³/mol. The molecule has 0 bridgehead atoms. The van der Waals surface area contributed by atoms with Gasteiger partial charge in [-0.25, -0.2) is 4.79 Å². The number of rotatable bonds is 4. The van der Waals surface area contributed by atoms with Gasteiger partial charge in [-0.05, 0) is 25.8 Å². The second-order valence-corrected chi connectivity index (χ2v) is 4.37. The summed E-state index contributed by atoms with van der Waals surface area (Å²) in [6, 6.07) is -0.301. The highest BCUT2D eigenvalue weighted by Gasteiger charge is 2.46. The summed E-state index contributed by atoms with van der Waals surface area (Å²) in [5.41, 5.74) is 4.74. The van der Waals surface area contributed by atoms with Crippen LogP contribution in [0.15, 0.2) is 0 Å². The minimum absolute atomic E-state index is 0.138. The van der Waals surface area contributed by atoms with Gasteiger partial charge in [-0.1, -0.05) is 13.8 Å². The van der Waals surface area contributed by atoms with Crippen LogP contribution in [0.1, 0.15) is 27.2 Å². The maximum Gasteiger partial charge on any atom is 0.325 e. The van der Waals surface area contributed by atoms with Crippen LogP contribution in [-0.2, 0) is 4.79 Å². The van der Waals surface area contributed by atoms with Crippen molar-refractivity contribution in [1.29, 1.82) is 0 Å². The van der Waals surface area contributed by atoms with Crippen molar-refractivity contribution in [2.75, 3.05) is 13.1 Å². The minimum Gasteiger partial charge on any atom is -0.330 e. The normalized spacial score (nSPS) is 28.1. The van der Waals surface area contributed by atoms with Gasteiger partial charge in [0.15, 0.2) is 0 Å². The maximum absolute atomic E-state index is 11.9. The summed E-state index contributed by atoms with van der Waals surface area (Å²) >= 11 is 0. The molecule has 1 aliphatic rings. The number of urea groups is 1. The lowest BCUT2D eigenvalue weighted by molar-refractivity contribution is -0.131. The van der Waals surface area contributed by atoms with E-state index in [0.29, 0.717) is 19.5 Å². The van der Waals surface area contributed by atoms with E-state index in [1.165, 1.54) is 4.90 Å². The fourth-order valence-corrected chi connectivity index (χ4v) is 1.54. The Bertz CT molecular complexity index is 280. The van der Waals surface area contributed by atoms with Crippen molar-refractivity contribution >= 4 is 11.9 Å². The third kappa shape index (κ3) is 2.12. The van der Waals surface area contributed by atoms with E-state index >= 15 is 0 Å². The van der Waals surface area contributed by atoms with Crippen LogP contribution in [0, 0.1) is 5.92 Å². The SMILES string of the molecule is CCC1(C)NC(=O)N(CC(C)CN)C1=O. The molecule has 3 N–H and O–H groups in total. The monoisotopic (exact) mass is 213 g/mol.